The number of nitrogens with zero attached hydrogens (tertiary/aromatic N) is 1. The molecule has 0 aromatic heterocycles. The number of nitrogens with one attached hydrogen (secondary N) is 1. The molecule has 2 aromatic rings. The van der Waals surface area contributed by atoms with Crippen molar-refractivity contribution >= 4 is 28.1 Å². The number of amides is 1. The Kier molecular flexibility index (Phi) is 5.08. The Bertz CT molecular complexity index is 659. The highest BCUT2D eigenvalue weighted by molar-refractivity contribution is 9.10. The van der Waals surface area contributed by atoms with Crippen molar-refractivity contribution < 1.29 is 15.0 Å². The zero-order valence-corrected chi connectivity index (χ0v) is 12.5. The van der Waals surface area contributed by atoms with Crippen LogP contribution in [0.5, 0.6) is 5.75 Å². The number of carbonyl (C=O) groups excluding carboxylic acids is 1. The van der Waals surface area contributed by atoms with Crippen molar-refractivity contribution in [3.05, 3.63) is 64.1 Å². The first kappa shape index (κ1) is 15.2. The number of rotatable bonds is 4. The summed E-state index contributed by atoms with van der Waals surface area (Å²) in [5.74, 6) is -0.538. The van der Waals surface area contributed by atoms with E-state index in [0.717, 1.165) is 4.47 Å². The van der Waals surface area contributed by atoms with Crippen LogP contribution in [0.25, 0.3) is 0 Å². The quantitative estimate of drug-likeness (QED) is 0.585. The van der Waals surface area contributed by atoms with E-state index in [1.54, 1.807) is 36.4 Å². The van der Waals surface area contributed by atoms with E-state index < -0.39 is 12.0 Å². The summed E-state index contributed by atoms with van der Waals surface area (Å²) in [6.07, 6.45) is 0.0929. The molecule has 1 atom stereocenters. The van der Waals surface area contributed by atoms with E-state index in [1.807, 2.05) is 0 Å². The van der Waals surface area contributed by atoms with Gasteiger partial charge in [0.25, 0.3) is 5.91 Å². The normalized spacial score (nSPS) is 12.3. The summed E-state index contributed by atoms with van der Waals surface area (Å²) in [6, 6.07) is 13.3. The number of carbonyl (C=O) groups is 1. The molecule has 0 aliphatic rings. The lowest BCUT2D eigenvalue weighted by atomic mass is 10.1. The van der Waals surface area contributed by atoms with Gasteiger partial charge in [0.1, 0.15) is 5.75 Å². The Morgan fingerprint density at radius 2 is 1.95 bits per heavy atom. The summed E-state index contributed by atoms with van der Waals surface area (Å²) >= 11 is 3.30. The minimum absolute atomic E-state index is 0.0929. The van der Waals surface area contributed by atoms with Gasteiger partial charge in [0.2, 0.25) is 0 Å². The predicted molar refractivity (Wildman–Crippen MR) is 82.9 cm³/mol. The van der Waals surface area contributed by atoms with Crippen molar-refractivity contribution in [2.45, 2.75) is 6.10 Å². The van der Waals surface area contributed by atoms with Crippen molar-refractivity contribution in [3.8, 4) is 5.75 Å². The van der Waals surface area contributed by atoms with E-state index in [2.05, 4.69) is 26.5 Å². The molecule has 2 rings (SSSR count). The highest BCUT2D eigenvalue weighted by Gasteiger charge is 2.15. The van der Waals surface area contributed by atoms with Crippen LogP contribution in [0, 0.1) is 0 Å². The molecule has 1 amide bonds. The molecule has 0 bridgehead atoms. The maximum Gasteiger partial charge on any atom is 0.273 e. The Morgan fingerprint density at radius 3 is 2.67 bits per heavy atom. The summed E-state index contributed by atoms with van der Waals surface area (Å²) in [7, 11) is 0. The topological polar surface area (TPSA) is 81.9 Å². The van der Waals surface area contributed by atoms with Gasteiger partial charge in [-0.15, -0.1) is 0 Å². The molecule has 0 fully saturated rings. The second kappa shape index (κ2) is 7.01. The van der Waals surface area contributed by atoms with Gasteiger partial charge in [-0.3, -0.25) is 4.79 Å². The molecular weight excluding hydrogens is 336 g/mol. The maximum atomic E-state index is 11.7. The zero-order valence-electron chi connectivity index (χ0n) is 10.9. The fourth-order valence-electron chi connectivity index (χ4n) is 1.64. The van der Waals surface area contributed by atoms with E-state index in [0.29, 0.717) is 11.1 Å². The molecule has 0 aliphatic heterocycles. The number of hydrogen-bond acceptors (Lipinski definition) is 4. The molecule has 5 nitrogen and oxygen atoms in total. The molecule has 0 radical (unpaired) electrons. The Balaban J connectivity index is 2.01. The molecule has 108 valence electrons. The van der Waals surface area contributed by atoms with Gasteiger partial charge in [-0.05, 0) is 23.8 Å². The average Bonchev–Trinajstić information content (AvgIpc) is 2.50. The number of phenolic OH excluding ortho intramolecular Hbond substituents is 1. The number of aliphatic hydroxyl groups excluding tert-OH is 1. The largest absolute Gasteiger partial charge is 0.508 e. The van der Waals surface area contributed by atoms with Crippen LogP contribution >= 0.6 is 15.9 Å². The van der Waals surface area contributed by atoms with Crippen molar-refractivity contribution in [1.29, 1.82) is 0 Å². The van der Waals surface area contributed by atoms with Crippen molar-refractivity contribution in [2.75, 3.05) is 0 Å². The van der Waals surface area contributed by atoms with E-state index in [9.17, 15) is 15.0 Å². The first-order chi connectivity index (χ1) is 10.1. The zero-order chi connectivity index (χ0) is 15.2. The average molecular weight is 349 g/mol. The van der Waals surface area contributed by atoms with Crippen LogP contribution in [-0.2, 0) is 4.79 Å². The highest BCUT2D eigenvalue weighted by atomic mass is 79.9. The summed E-state index contributed by atoms with van der Waals surface area (Å²) < 4.78 is 0.724. The standard InChI is InChI=1S/C15H13BrN2O3/c16-13-7-6-12(19)8-11(13)9-17-18-15(21)14(20)10-4-2-1-3-5-10/h1-9,14,19-20H,(H,18,21)/b17-9-/t14-/m0/s1. The van der Waals surface area contributed by atoms with Crippen molar-refractivity contribution in [1.82, 2.24) is 5.43 Å². The van der Waals surface area contributed by atoms with Gasteiger partial charge in [-0.2, -0.15) is 5.10 Å². The number of phenols is 1. The molecule has 2 aromatic carbocycles. The number of aliphatic hydroxyl groups is 1. The van der Waals surface area contributed by atoms with Gasteiger partial charge in [0, 0.05) is 10.0 Å². The SMILES string of the molecule is O=C(N/N=C\c1cc(O)ccc1Br)[C@@H](O)c1ccccc1. The molecule has 3 N–H and O–H groups in total. The molecule has 6 heteroatoms. The molecule has 0 heterocycles. The molecule has 0 saturated heterocycles. The minimum atomic E-state index is -1.28. The van der Waals surface area contributed by atoms with Crippen LogP contribution in [0.2, 0.25) is 0 Å². The maximum absolute atomic E-state index is 11.7. The van der Waals surface area contributed by atoms with Crippen LogP contribution < -0.4 is 5.43 Å². The summed E-state index contributed by atoms with van der Waals surface area (Å²) in [5.41, 5.74) is 3.35. The minimum Gasteiger partial charge on any atom is -0.508 e. The fraction of sp³-hybridized carbons (Fsp3) is 0.0667. The molecule has 21 heavy (non-hydrogen) atoms. The van der Waals surface area contributed by atoms with E-state index >= 15 is 0 Å². The highest BCUT2D eigenvalue weighted by Crippen LogP contribution is 2.20. The van der Waals surface area contributed by atoms with Gasteiger partial charge in [-0.25, -0.2) is 5.43 Å². The molecule has 0 unspecified atom stereocenters. The first-order valence-corrected chi connectivity index (χ1v) is 6.91. The monoisotopic (exact) mass is 348 g/mol. The second-order valence-corrected chi connectivity index (χ2v) is 5.11. The number of benzene rings is 2. The van der Waals surface area contributed by atoms with Crippen LogP contribution in [0.4, 0.5) is 0 Å². The van der Waals surface area contributed by atoms with Gasteiger partial charge < -0.3 is 10.2 Å². The third-order valence-corrected chi connectivity index (χ3v) is 3.44. The van der Waals surface area contributed by atoms with Crippen LogP contribution in [0.15, 0.2) is 58.1 Å². The summed E-state index contributed by atoms with van der Waals surface area (Å²) in [6.45, 7) is 0. The number of aromatic hydroxyl groups is 1. The van der Waals surface area contributed by atoms with Gasteiger partial charge >= 0.3 is 0 Å². The van der Waals surface area contributed by atoms with Crippen molar-refractivity contribution in [2.24, 2.45) is 5.10 Å². The summed E-state index contributed by atoms with van der Waals surface area (Å²) in [4.78, 5) is 11.7. The lowest BCUT2D eigenvalue weighted by molar-refractivity contribution is -0.129. The predicted octanol–water partition coefficient (Wildman–Crippen LogP) is 2.34. The van der Waals surface area contributed by atoms with Crippen LogP contribution in [0.1, 0.15) is 17.2 Å². The third kappa shape index (κ3) is 4.14. The first-order valence-electron chi connectivity index (χ1n) is 6.12. The number of halogens is 1. The molecule has 0 spiro atoms. The molecule has 0 saturated carbocycles. The van der Waals surface area contributed by atoms with Gasteiger partial charge in [-0.1, -0.05) is 46.3 Å². The number of hydrogen-bond donors (Lipinski definition) is 3. The van der Waals surface area contributed by atoms with Gasteiger partial charge in [0.05, 0.1) is 6.21 Å². The second-order valence-electron chi connectivity index (χ2n) is 4.25. The number of hydrazone groups is 1. The van der Waals surface area contributed by atoms with E-state index in [1.165, 1.54) is 18.3 Å². The lowest BCUT2D eigenvalue weighted by Gasteiger charge is -2.08. The molecule has 0 aliphatic carbocycles. The van der Waals surface area contributed by atoms with Crippen LogP contribution in [-0.4, -0.2) is 22.3 Å². The fourth-order valence-corrected chi connectivity index (χ4v) is 1.99. The van der Waals surface area contributed by atoms with E-state index in [4.69, 9.17) is 0 Å². The Labute approximate surface area is 130 Å². The molecular formula is C15H13BrN2O3. The van der Waals surface area contributed by atoms with Crippen molar-refractivity contribution in [3.63, 3.8) is 0 Å². The summed E-state index contributed by atoms with van der Waals surface area (Å²) in [5, 5.41) is 23.0. The smallest absolute Gasteiger partial charge is 0.273 e. The van der Waals surface area contributed by atoms with Crippen LogP contribution in [0.3, 0.4) is 0 Å². The Morgan fingerprint density at radius 1 is 1.24 bits per heavy atom. The van der Waals surface area contributed by atoms with E-state index in [-0.39, 0.29) is 5.75 Å². The third-order valence-electron chi connectivity index (χ3n) is 2.72. The Hall–Kier alpha value is -2.18. The lowest BCUT2D eigenvalue weighted by Crippen LogP contribution is -2.25. The van der Waals surface area contributed by atoms with Gasteiger partial charge in [0.15, 0.2) is 6.10 Å².